The van der Waals surface area contributed by atoms with E-state index in [1.165, 1.54) is 74.3 Å². The Bertz CT molecular complexity index is 3840. The molecule has 3 aromatic heterocycles. The Kier molecular flexibility index (Phi) is 6.60. The van der Waals surface area contributed by atoms with Gasteiger partial charge in [-0.25, -0.2) is 9.97 Å². The van der Waals surface area contributed by atoms with Crippen molar-refractivity contribution < 1.29 is 0 Å². The predicted molar refractivity (Wildman–Crippen MR) is 248 cm³/mol. The van der Waals surface area contributed by atoms with Gasteiger partial charge in [-0.05, 0) is 62.6 Å². The summed E-state index contributed by atoms with van der Waals surface area (Å²) in [7, 11) is 0. The van der Waals surface area contributed by atoms with Crippen molar-refractivity contribution >= 4 is 107 Å². The van der Waals surface area contributed by atoms with Gasteiger partial charge < -0.3 is 4.57 Å². The molecule has 0 saturated heterocycles. The summed E-state index contributed by atoms with van der Waals surface area (Å²) in [5.74, 6) is 0.712. The Morgan fingerprint density at radius 3 is 1.71 bits per heavy atom. The quantitative estimate of drug-likeness (QED) is 0.168. The van der Waals surface area contributed by atoms with Crippen LogP contribution in [0, 0.1) is 0 Å². The molecular formula is C54H31N3S. The largest absolute Gasteiger partial charge is 0.307 e. The molecule has 3 heterocycles. The lowest BCUT2D eigenvalue weighted by Crippen LogP contribution is -1.98. The molecule has 0 bridgehead atoms. The van der Waals surface area contributed by atoms with E-state index < -0.39 is 0 Å². The molecule has 0 aliphatic rings. The standard InChI is InChI=1S/C54H31N3S/c1-2-15-33(16-3-1)49-48-39-20-8-6-18-37(39)38-19-7-11-23-42(38)50(48)56-54(55-49)34-26-29-35(30-27-34)57-51-36-17-5-4-14-32(36)28-31-44(51)46-40-21-9-10-22-41(40)47-43-24-12-13-25-45(43)58-53(47)52(46)57/h1-31H. The zero-order valence-corrected chi connectivity index (χ0v) is 32.0. The van der Waals surface area contributed by atoms with Crippen LogP contribution in [0.4, 0.5) is 0 Å². The van der Waals surface area contributed by atoms with Gasteiger partial charge in [0.15, 0.2) is 5.82 Å². The number of benzene rings is 10. The van der Waals surface area contributed by atoms with E-state index in [0.29, 0.717) is 5.82 Å². The van der Waals surface area contributed by atoms with Crippen LogP contribution in [0.3, 0.4) is 0 Å². The highest BCUT2D eigenvalue weighted by atomic mass is 32.1. The van der Waals surface area contributed by atoms with Crippen LogP contribution in [0.15, 0.2) is 188 Å². The first-order valence-corrected chi connectivity index (χ1v) is 20.6. The van der Waals surface area contributed by atoms with E-state index in [0.717, 1.165) is 44.2 Å². The van der Waals surface area contributed by atoms with Gasteiger partial charge in [0.1, 0.15) is 0 Å². The fraction of sp³-hybridized carbons (Fsp3) is 0. The van der Waals surface area contributed by atoms with Crippen LogP contribution in [0.1, 0.15) is 0 Å². The normalized spacial score (nSPS) is 12.1. The van der Waals surface area contributed by atoms with Gasteiger partial charge in [-0.2, -0.15) is 0 Å². The average Bonchev–Trinajstić information content (AvgIpc) is 3.87. The number of thiophene rings is 1. The summed E-state index contributed by atoms with van der Waals surface area (Å²) in [5.41, 5.74) is 7.54. The second-order valence-electron chi connectivity index (χ2n) is 15.2. The lowest BCUT2D eigenvalue weighted by Gasteiger charge is -2.15. The summed E-state index contributed by atoms with van der Waals surface area (Å²) in [6, 6.07) is 68.0. The van der Waals surface area contributed by atoms with Gasteiger partial charge in [-0.1, -0.05) is 158 Å². The molecule has 0 saturated carbocycles. The molecule has 0 N–H and O–H groups in total. The molecule has 0 radical (unpaired) electrons. The average molecular weight is 754 g/mol. The molecule has 13 rings (SSSR count). The van der Waals surface area contributed by atoms with Crippen molar-refractivity contribution in [3.63, 3.8) is 0 Å². The summed E-state index contributed by atoms with van der Waals surface area (Å²) in [6.45, 7) is 0. The van der Waals surface area contributed by atoms with Crippen LogP contribution in [0.2, 0.25) is 0 Å². The first-order valence-electron chi connectivity index (χ1n) is 19.8. The molecule has 0 atom stereocenters. The van der Waals surface area contributed by atoms with Crippen LogP contribution in [-0.2, 0) is 0 Å². The van der Waals surface area contributed by atoms with E-state index in [4.69, 9.17) is 9.97 Å². The number of hydrogen-bond acceptors (Lipinski definition) is 3. The van der Waals surface area contributed by atoms with Crippen molar-refractivity contribution in [1.82, 2.24) is 14.5 Å². The van der Waals surface area contributed by atoms with E-state index >= 15 is 0 Å². The molecule has 0 unspecified atom stereocenters. The Morgan fingerprint density at radius 1 is 0.362 bits per heavy atom. The summed E-state index contributed by atoms with van der Waals surface area (Å²) in [4.78, 5) is 10.8. The van der Waals surface area contributed by atoms with Gasteiger partial charge >= 0.3 is 0 Å². The summed E-state index contributed by atoms with van der Waals surface area (Å²) in [5, 5.41) is 16.0. The Hall–Kier alpha value is -7.40. The van der Waals surface area contributed by atoms with E-state index in [1.807, 2.05) is 11.3 Å². The van der Waals surface area contributed by atoms with Crippen molar-refractivity contribution in [2.75, 3.05) is 0 Å². The summed E-state index contributed by atoms with van der Waals surface area (Å²) in [6.07, 6.45) is 0. The Balaban J connectivity index is 1.12. The molecule has 0 aliphatic heterocycles. The van der Waals surface area contributed by atoms with E-state index in [2.05, 4.69) is 193 Å². The summed E-state index contributed by atoms with van der Waals surface area (Å²) < 4.78 is 5.14. The third-order valence-corrected chi connectivity index (χ3v) is 13.3. The van der Waals surface area contributed by atoms with Crippen LogP contribution >= 0.6 is 11.3 Å². The molecule has 10 aromatic carbocycles. The molecule has 0 aliphatic carbocycles. The Labute approximate surface area is 336 Å². The molecule has 268 valence electrons. The fourth-order valence-electron chi connectivity index (χ4n) is 9.66. The summed E-state index contributed by atoms with van der Waals surface area (Å²) >= 11 is 1.90. The van der Waals surface area contributed by atoms with Crippen LogP contribution in [0.5, 0.6) is 0 Å². The van der Waals surface area contributed by atoms with E-state index in [9.17, 15) is 0 Å². The molecule has 58 heavy (non-hydrogen) atoms. The second-order valence-corrected chi connectivity index (χ2v) is 16.3. The maximum Gasteiger partial charge on any atom is 0.160 e. The minimum atomic E-state index is 0.712. The van der Waals surface area contributed by atoms with Crippen LogP contribution in [-0.4, -0.2) is 14.5 Å². The third kappa shape index (κ3) is 4.38. The highest BCUT2D eigenvalue weighted by Crippen LogP contribution is 2.49. The topological polar surface area (TPSA) is 30.7 Å². The fourth-order valence-corrected chi connectivity index (χ4v) is 10.9. The van der Waals surface area contributed by atoms with Gasteiger partial charge in [0, 0.05) is 59.2 Å². The number of rotatable bonds is 3. The van der Waals surface area contributed by atoms with E-state index in [-0.39, 0.29) is 0 Å². The molecular weight excluding hydrogens is 723 g/mol. The van der Waals surface area contributed by atoms with Crippen molar-refractivity contribution in [3.05, 3.63) is 188 Å². The van der Waals surface area contributed by atoms with Crippen LogP contribution < -0.4 is 0 Å². The number of nitrogens with zero attached hydrogens (tertiary/aromatic N) is 3. The number of hydrogen-bond donors (Lipinski definition) is 0. The lowest BCUT2D eigenvalue weighted by atomic mass is 9.94. The first-order chi connectivity index (χ1) is 28.8. The predicted octanol–water partition coefficient (Wildman–Crippen LogP) is 15.0. The molecule has 3 nitrogen and oxygen atoms in total. The van der Waals surface area contributed by atoms with Gasteiger partial charge in [0.25, 0.3) is 0 Å². The third-order valence-electron chi connectivity index (χ3n) is 12.1. The number of aromatic nitrogens is 3. The highest BCUT2D eigenvalue weighted by molar-refractivity contribution is 7.27. The van der Waals surface area contributed by atoms with Crippen molar-refractivity contribution in [2.45, 2.75) is 0 Å². The van der Waals surface area contributed by atoms with Gasteiger partial charge in [-0.3, -0.25) is 0 Å². The van der Waals surface area contributed by atoms with Crippen molar-refractivity contribution in [1.29, 1.82) is 0 Å². The second kappa shape index (κ2) is 12.1. The molecule has 0 fully saturated rings. The van der Waals surface area contributed by atoms with Gasteiger partial charge in [0.05, 0.1) is 26.9 Å². The molecule has 13 aromatic rings. The maximum atomic E-state index is 5.43. The molecule has 0 amide bonds. The monoisotopic (exact) mass is 753 g/mol. The highest BCUT2D eigenvalue weighted by Gasteiger charge is 2.24. The van der Waals surface area contributed by atoms with Gasteiger partial charge in [-0.15, -0.1) is 11.3 Å². The molecule has 0 spiro atoms. The van der Waals surface area contributed by atoms with E-state index in [1.54, 1.807) is 0 Å². The smallest absolute Gasteiger partial charge is 0.160 e. The first kappa shape index (κ1) is 31.8. The lowest BCUT2D eigenvalue weighted by molar-refractivity contribution is 1.19. The number of fused-ring (bicyclic) bond motifs is 18. The zero-order chi connectivity index (χ0) is 37.9. The molecule has 4 heteroatoms. The van der Waals surface area contributed by atoms with Crippen molar-refractivity contribution in [2.24, 2.45) is 0 Å². The van der Waals surface area contributed by atoms with Crippen LogP contribution in [0.25, 0.3) is 124 Å². The van der Waals surface area contributed by atoms with Crippen molar-refractivity contribution in [3.8, 4) is 28.3 Å². The minimum Gasteiger partial charge on any atom is -0.307 e. The maximum absolute atomic E-state index is 5.43. The minimum absolute atomic E-state index is 0.712. The van der Waals surface area contributed by atoms with Gasteiger partial charge in [0.2, 0.25) is 0 Å². The zero-order valence-electron chi connectivity index (χ0n) is 31.1. The Morgan fingerprint density at radius 2 is 0.948 bits per heavy atom. The SMILES string of the molecule is c1ccc(-c2nc(-c3ccc(-n4c5c6ccccc6ccc5c5c6ccccc6c6c7ccccc7sc6c54)cc3)nc3c4ccccc4c4ccccc4c23)cc1.